The molecule has 0 bridgehead atoms. The van der Waals surface area contributed by atoms with Gasteiger partial charge in [0.15, 0.2) is 0 Å². The van der Waals surface area contributed by atoms with Crippen molar-refractivity contribution < 1.29 is 0 Å². The first-order chi connectivity index (χ1) is 5.67. The van der Waals surface area contributed by atoms with Gasteiger partial charge in [-0.15, -0.1) is 0 Å². The SMILES string of the molecule is CCCCC(C)(C)C1=CC=CC1. The molecule has 0 aromatic heterocycles. The number of hydrogen-bond donors (Lipinski definition) is 0. The van der Waals surface area contributed by atoms with E-state index in [1.807, 2.05) is 0 Å². The second-order valence-electron chi connectivity index (χ2n) is 4.31. The molecule has 0 aliphatic heterocycles. The quantitative estimate of drug-likeness (QED) is 0.587. The van der Waals surface area contributed by atoms with Crippen molar-refractivity contribution in [2.45, 2.75) is 46.5 Å². The fourth-order valence-corrected chi connectivity index (χ4v) is 1.73. The fraction of sp³-hybridized carbons (Fsp3) is 0.667. The summed E-state index contributed by atoms with van der Waals surface area (Å²) in [6.07, 6.45) is 11.9. The average Bonchev–Trinajstić information content (AvgIpc) is 2.53. The first-order valence-electron chi connectivity index (χ1n) is 5.03. The highest BCUT2D eigenvalue weighted by atomic mass is 14.3. The highest BCUT2D eigenvalue weighted by molar-refractivity contribution is 5.27. The van der Waals surface area contributed by atoms with Crippen molar-refractivity contribution >= 4 is 0 Å². The van der Waals surface area contributed by atoms with E-state index in [-0.39, 0.29) is 0 Å². The molecule has 0 unspecified atom stereocenters. The molecule has 0 nitrogen and oxygen atoms in total. The molecule has 0 heterocycles. The molecular formula is C12H20. The fourth-order valence-electron chi connectivity index (χ4n) is 1.73. The molecule has 1 aliphatic carbocycles. The summed E-state index contributed by atoms with van der Waals surface area (Å²) >= 11 is 0. The van der Waals surface area contributed by atoms with Gasteiger partial charge in [0.2, 0.25) is 0 Å². The van der Waals surface area contributed by atoms with E-state index >= 15 is 0 Å². The van der Waals surface area contributed by atoms with E-state index in [4.69, 9.17) is 0 Å². The Kier molecular flexibility index (Phi) is 3.13. The van der Waals surface area contributed by atoms with Gasteiger partial charge in [-0.2, -0.15) is 0 Å². The highest BCUT2D eigenvalue weighted by Gasteiger charge is 2.22. The molecule has 0 aromatic rings. The Morgan fingerprint density at radius 1 is 1.42 bits per heavy atom. The molecule has 0 radical (unpaired) electrons. The minimum absolute atomic E-state index is 0.430. The van der Waals surface area contributed by atoms with Crippen LogP contribution in [0.4, 0.5) is 0 Å². The standard InChI is InChI=1S/C12H20/c1-4-5-10-12(2,3)11-8-6-7-9-11/h6-8H,4-5,9-10H2,1-3H3. The van der Waals surface area contributed by atoms with Crippen LogP contribution in [0, 0.1) is 5.41 Å². The zero-order valence-electron chi connectivity index (χ0n) is 8.56. The predicted octanol–water partition coefficient (Wildman–Crippen LogP) is 4.09. The Morgan fingerprint density at radius 2 is 2.17 bits per heavy atom. The van der Waals surface area contributed by atoms with Crippen LogP contribution in [0.1, 0.15) is 46.5 Å². The van der Waals surface area contributed by atoms with E-state index in [1.165, 1.54) is 25.7 Å². The zero-order chi connectivity index (χ0) is 9.03. The number of unbranched alkanes of at least 4 members (excludes halogenated alkanes) is 1. The van der Waals surface area contributed by atoms with Gasteiger partial charge in [-0.1, -0.05) is 57.4 Å². The number of rotatable bonds is 4. The molecule has 12 heavy (non-hydrogen) atoms. The molecule has 1 aliphatic rings. The van der Waals surface area contributed by atoms with Crippen LogP contribution in [0.5, 0.6) is 0 Å². The summed E-state index contributed by atoms with van der Waals surface area (Å²) < 4.78 is 0. The minimum atomic E-state index is 0.430. The second kappa shape index (κ2) is 3.93. The van der Waals surface area contributed by atoms with Gasteiger partial charge in [-0.3, -0.25) is 0 Å². The van der Waals surface area contributed by atoms with E-state index in [9.17, 15) is 0 Å². The molecule has 0 spiro atoms. The van der Waals surface area contributed by atoms with Crippen LogP contribution < -0.4 is 0 Å². The van der Waals surface area contributed by atoms with E-state index in [0.717, 1.165) is 0 Å². The molecule has 0 N–H and O–H groups in total. The molecule has 1 rings (SSSR count). The molecule has 0 amide bonds. The monoisotopic (exact) mass is 164 g/mol. The topological polar surface area (TPSA) is 0 Å². The zero-order valence-corrected chi connectivity index (χ0v) is 8.56. The van der Waals surface area contributed by atoms with Crippen LogP contribution in [-0.4, -0.2) is 0 Å². The molecule has 0 heteroatoms. The first-order valence-corrected chi connectivity index (χ1v) is 5.03. The van der Waals surface area contributed by atoms with Gasteiger partial charge in [-0.25, -0.2) is 0 Å². The Labute approximate surface area is 76.4 Å². The first kappa shape index (κ1) is 9.57. The van der Waals surface area contributed by atoms with Gasteiger partial charge in [0.05, 0.1) is 0 Å². The summed E-state index contributed by atoms with van der Waals surface area (Å²) in [5.41, 5.74) is 2.04. The van der Waals surface area contributed by atoms with Crippen molar-refractivity contribution in [3.63, 3.8) is 0 Å². The lowest BCUT2D eigenvalue weighted by Gasteiger charge is -2.26. The van der Waals surface area contributed by atoms with Crippen molar-refractivity contribution in [3.05, 3.63) is 23.8 Å². The summed E-state index contributed by atoms with van der Waals surface area (Å²) in [4.78, 5) is 0. The van der Waals surface area contributed by atoms with E-state index in [2.05, 4.69) is 39.0 Å². The Bertz CT molecular complexity index is 194. The molecule has 0 fully saturated rings. The van der Waals surface area contributed by atoms with Crippen LogP contribution in [0.2, 0.25) is 0 Å². The maximum atomic E-state index is 2.36. The van der Waals surface area contributed by atoms with E-state index < -0.39 is 0 Å². The maximum Gasteiger partial charge on any atom is -0.0127 e. The minimum Gasteiger partial charge on any atom is -0.0804 e. The molecule has 68 valence electrons. The molecule has 0 saturated heterocycles. The van der Waals surface area contributed by atoms with Crippen molar-refractivity contribution in [1.29, 1.82) is 0 Å². The third-order valence-electron chi connectivity index (χ3n) is 2.80. The van der Waals surface area contributed by atoms with Crippen LogP contribution in [-0.2, 0) is 0 Å². The normalized spacial score (nSPS) is 16.8. The van der Waals surface area contributed by atoms with E-state index in [1.54, 1.807) is 5.57 Å². The lowest BCUT2D eigenvalue weighted by Crippen LogP contribution is -2.13. The van der Waals surface area contributed by atoms with Crippen LogP contribution in [0.15, 0.2) is 23.8 Å². The third-order valence-corrected chi connectivity index (χ3v) is 2.80. The van der Waals surface area contributed by atoms with Crippen LogP contribution >= 0.6 is 0 Å². The van der Waals surface area contributed by atoms with Crippen molar-refractivity contribution in [3.8, 4) is 0 Å². The van der Waals surface area contributed by atoms with E-state index in [0.29, 0.717) is 5.41 Å². The van der Waals surface area contributed by atoms with Crippen molar-refractivity contribution in [1.82, 2.24) is 0 Å². The lowest BCUT2D eigenvalue weighted by molar-refractivity contribution is 0.387. The number of allylic oxidation sites excluding steroid dienone is 4. The molecule has 0 saturated carbocycles. The van der Waals surface area contributed by atoms with Crippen molar-refractivity contribution in [2.75, 3.05) is 0 Å². The molecular weight excluding hydrogens is 144 g/mol. The second-order valence-corrected chi connectivity index (χ2v) is 4.31. The Morgan fingerprint density at radius 3 is 2.67 bits per heavy atom. The third kappa shape index (κ3) is 2.23. The summed E-state index contributed by atoms with van der Waals surface area (Å²) in [7, 11) is 0. The summed E-state index contributed by atoms with van der Waals surface area (Å²) in [6.45, 7) is 6.99. The Balaban J connectivity index is 2.47. The van der Waals surface area contributed by atoms with Gasteiger partial charge >= 0.3 is 0 Å². The summed E-state index contributed by atoms with van der Waals surface area (Å²) in [5, 5.41) is 0. The maximum absolute atomic E-state index is 2.36. The van der Waals surface area contributed by atoms with Crippen molar-refractivity contribution in [2.24, 2.45) is 5.41 Å². The van der Waals surface area contributed by atoms with Crippen LogP contribution in [0.3, 0.4) is 0 Å². The number of hydrogen-bond acceptors (Lipinski definition) is 0. The predicted molar refractivity (Wildman–Crippen MR) is 55.1 cm³/mol. The molecule has 0 aromatic carbocycles. The summed E-state index contributed by atoms with van der Waals surface area (Å²) in [6, 6.07) is 0. The van der Waals surface area contributed by atoms with Gasteiger partial charge in [0.1, 0.15) is 0 Å². The van der Waals surface area contributed by atoms with Gasteiger partial charge in [0, 0.05) is 0 Å². The van der Waals surface area contributed by atoms with Gasteiger partial charge in [0.25, 0.3) is 0 Å². The van der Waals surface area contributed by atoms with Crippen LogP contribution in [0.25, 0.3) is 0 Å². The van der Waals surface area contributed by atoms with Gasteiger partial charge < -0.3 is 0 Å². The Hall–Kier alpha value is -0.520. The lowest BCUT2D eigenvalue weighted by atomic mass is 9.79. The molecule has 0 atom stereocenters. The van der Waals surface area contributed by atoms with Gasteiger partial charge in [-0.05, 0) is 18.3 Å². The smallest absolute Gasteiger partial charge is 0.0127 e. The largest absolute Gasteiger partial charge is 0.0804 e. The average molecular weight is 164 g/mol. The summed E-state index contributed by atoms with van der Waals surface area (Å²) in [5.74, 6) is 0. The highest BCUT2D eigenvalue weighted by Crippen LogP contribution is 2.36.